The summed E-state index contributed by atoms with van der Waals surface area (Å²) in [5, 5.41) is 21.0. The summed E-state index contributed by atoms with van der Waals surface area (Å²) in [6.07, 6.45) is 6.74. The summed E-state index contributed by atoms with van der Waals surface area (Å²) >= 11 is 3.82. The maximum atomic E-state index is 12.4. The molecule has 0 saturated carbocycles. The first kappa shape index (κ1) is 40.3. The maximum Gasteiger partial charge on any atom is 0.144 e. The predicted molar refractivity (Wildman–Crippen MR) is 209 cm³/mol. The van der Waals surface area contributed by atoms with Crippen LogP contribution in [0.4, 0.5) is 0 Å². The van der Waals surface area contributed by atoms with Gasteiger partial charge in [0.2, 0.25) is 0 Å². The fraction of sp³-hybridized carbons (Fsp3) is 0.610. The Hall–Kier alpha value is -2.46. The molecule has 0 aliphatic carbocycles. The van der Waals surface area contributed by atoms with Gasteiger partial charge >= 0.3 is 0 Å². The van der Waals surface area contributed by atoms with E-state index in [4.69, 9.17) is 4.74 Å². The smallest absolute Gasteiger partial charge is 0.144 e. The number of carbonyl (C=O) groups excluding carboxylic acids is 1. The van der Waals surface area contributed by atoms with Gasteiger partial charge in [-0.25, -0.2) is 4.98 Å². The number of piperidine rings is 1. The first-order valence-corrected chi connectivity index (χ1v) is 19.6. The predicted octanol–water partition coefficient (Wildman–Crippen LogP) is 9.68. The number of imidazole rings is 1. The SMILES string of the molecule is CC(C)(C)c1cc(SC2(Sc3cc(C(C)(C)C)c(OCCCO)c(C(C)(C)C)c3)CCN(C(C=O)c3ncc[nH]3)CC2)cc(C(C)(C)C)c1O. The monoisotopic (exact) mass is 723 g/mol. The van der Waals surface area contributed by atoms with E-state index in [0.717, 1.165) is 65.1 Å². The average Bonchev–Trinajstić information content (AvgIpc) is 3.52. The number of aliphatic hydroxyl groups is 1. The third kappa shape index (κ3) is 9.50. The Balaban J connectivity index is 1.86. The van der Waals surface area contributed by atoms with E-state index >= 15 is 0 Å². The van der Waals surface area contributed by atoms with Crippen LogP contribution in [0.3, 0.4) is 0 Å². The van der Waals surface area contributed by atoms with E-state index in [2.05, 4.69) is 122 Å². The second-order valence-corrected chi connectivity index (χ2v) is 21.0. The molecule has 50 heavy (non-hydrogen) atoms. The highest BCUT2D eigenvalue weighted by Crippen LogP contribution is 2.55. The number of thioether (sulfide) groups is 2. The summed E-state index contributed by atoms with van der Waals surface area (Å²) in [5.74, 6) is 1.99. The van der Waals surface area contributed by atoms with Crippen LogP contribution < -0.4 is 4.74 Å². The molecule has 4 rings (SSSR count). The van der Waals surface area contributed by atoms with Crippen molar-refractivity contribution in [1.29, 1.82) is 0 Å². The van der Waals surface area contributed by atoms with Crippen LogP contribution in [0.15, 0.2) is 46.5 Å². The van der Waals surface area contributed by atoms with E-state index in [-0.39, 0.29) is 32.3 Å². The fourth-order valence-electron chi connectivity index (χ4n) is 6.54. The maximum absolute atomic E-state index is 12.4. The number of aromatic hydroxyl groups is 1. The molecule has 9 heteroatoms. The van der Waals surface area contributed by atoms with Crippen LogP contribution in [0.5, 0.6) is 11.5 Å². The van der Waals surface area contributed by atoms with E-state index in [1.54, 1.807) is 12.4 Å². The number of nitrogens with one attached hydrogen (secondary N) is 1. The number of likely N-dealkylation sites (tertiary alicyclic amines) is 1. The molecule has 0 bridgehead atoms. The molecule has 7 nitrogen and oxygen atoms in total. The van der Waals surface area contributed by atoms with Crippen molar-refractivity contribution in [3.05, 3.63) is 64.7 Å². The Kier molecular flexibility index (Phi) is 12.3. The Bertz CT molecular complexity index is 1530. The van der Waals surface area contributed by atoms with Crippen LogP contribution in [-0.4, -0.2) is 61.7 Å². The van der Waals surface area contributed by atoms with Crippen molar-refractivity contribution < 1.29 is 19.7 Å². The van der Waals surface area contributed by atoms with Gasteiger partial charge in [-0.1, -0.05) is 83.1 Å². The minimum absolute atomic E-state index is 0.0936. The molecule has 2 aromatic carbocycles. The van der Waals surface area contributed by atoms with E-state index in [1.807, 2.05) is 23.5 Å². The van der Waals surface area contributed by atoms with Crippen LogP contribution >= 0.6 is 23.5 Å². The Labute approximate surface area is 309 Å². The third-order valence-corrected chi connectivity index (χ3v) is 12.4. The molecule has 1 saturated heterocycles. The van der Waals surface area contributed by atoms with Gasteiger partial charge in [0.05, 0.1) is 10.7 Å². The summed E-state index contributed by atoms with van der Waals surface area (Å²) < 4.78 is 6.22. The first-order valence-electron chi connectivity index (χ1n) is 18.0. The van der Waals surface area contributed by atoms with Gasteiger partial charge in [0.15, 0.2) is 0 Å². The zero-order valence-electron chi connectivity index (χ0n) is 32.5. The summed E-state index contributed by atoms with van der Waals surface area (Å²) in [6, 6.07) is 8.61. The first-order chi connectivity index (χ1) is 23.1. The van der Waals surface area contributed by atoms with Crippen molar-refractivity contribution >= 4 is 29.8 Å². The largest absolute Gasteiger partial charge is 0.507 e. The number of benzene rings is 2. The fourth-order valence-corrected chi connectivity index (χ4v) is 9.62. The molecule has 3 aromatic rings. The van der Waals surface area contributed by atoms with E-state index in [1.165, 1.54) is 4.90 Å². The van der Waals surface area contributed by atoms with E-state index in [9.17, 15) is 15.0 Å². The number of aromatic amines is 1. The van der Waals surface area contributed by atoms with Crippen molar-refractivity contribution in [2.24, 2.45) is 0 Å². The van der Waals surface area contributed by atoms with E-state index < -0.39 is 6.04 Å². The highest BCUT2D eigenvalue weighted by Gasteiger charge is 2.41. The molecule has 1 aliphatic rings. The lowest BCUT2D eigenvalue weighted by Gasteiger charge is -2.43. The summed E-state index contributed by atoms with van der Waals surface area (Å²) in [4.78, 5) is 24.5. The van der Waals surface area contributed by atoms with Gasteiger partial charge in [0.1, 0.15) is 29.7 Å². The standard InChI is InChI=1S/C41H61N3O4S2/c1-37(2,3)29-22-27(23-30(34(29)47)38(4,5)6)49-41(14-18-44(19-15-41)33(26-46)36-42-16-17-43-36)50-28-24-31(39(7,8)9)35(48-21-13-20-45)32(25-28)40(10,11)12/h16-17,22-26,33,45,47H,13-15,18-21H2,1-12H3,(H,42,43). The van der Waals surface area contributed by atoms with Crippen molar-refractivity contribution in [1.82, 2.24) is 14.9 Å². The molecule has 3 N–H and O–H groups in total. The molecule has 1 unspecified atom stereocenters. The second-order valence-electron chi connectivity index (χ2n) is 17.8. The Morgan fingerprint density at radius 1 is 0.840 bits per heavy atom. The summed E-state index contributed by atoms with van der Waals surface area (Å²) in [5.41, 5.74) is 3.42. The number of rotatable bonds is 11. The minimum atomic E-state index is -0.415. The summed E-state index contributed by atoms with van der Waals surface area (Å²) in [7, 11) is 0. The number of hydrogen-bond acceptors (Lipinski definition) is 8. The van der Waals surface area contributed by atoms with E-state index in [0.29, 0.717) is 24.6 Å². The number of ether oxygens (including phenoxy) is 1. The Morgan fingerprint density at radius 2 is 1.30 bits per heavy atom. The van der Waals surface area contributed by atoms with Gasteiger partial charge in [-0.15, -0.1) is 23.5 Å². The minimum Gasteiger partial charge on any atom is -0.507 e. The summed E-state index contributed by atoms with van der Waals surface area (Å²) in [6.45, 7) is 28.4. The molecule has 1 aromatic heterocycles. The third-order valence-electron chi connectivity index (χ3n) is 9.42. The van der Waals surface area contributed by atoms with Gasteiger partial charge in [-0.05, 0) is 58.8 Å². The molecule has 0 radical (unpaired) electrons. The van der Waals surface area contributed by atoms with Crippen molar-refractivity contribution in [2.75, 3.05) is 26.3 Å². The molecule has 1 aliphatic heterocycles. The van der Waals surface area contributed by atoms with Crippen LogP contribution in [0.1, 0.15) is 136 Å². The van der Waals surface area contributed by atoms with Gasteiger partial charge in [0, 0.05) is 70.6 Å². The highest BCUT2D eigenvalue weighted by molar-refractivity contribution is 8.18. The highest BCUT2D eigenvalue weighted by atomic mass is 32.2. The molecule has 1 atom stereocenters. The average molecular weight is 724 g/mol. The zero-order valence-corrected chi connectivity index (χ0v) is 34.1. The zero-order chi connectivity index (χ0) is 37.3. The van der Waals surface area contributed by atoms with Gasteiger partial charge in [-0.3, -0.25) is 4.90 Å². The lowest BCUT2D eigenvalue weighted by atomic mass is 9.79. The van der Waals surface area contributed by atoms with Gasteiger partial charge in [-0.2, -0.15) is 0 Å². The number of aromatic nitrogens is 2. The lowest BCUT2D eigenvalue weighted by Crippen LogP contribution is -2.43. The van der Waals surface area contributed by atoms with Gasteiger partial charge < -0.3 is 24.7 Å². The van der Waals surface area contributed by atoms with Crippen LogP contribution in [0.2, 0.25) is 0 Å². The molecule has 276 valence electrons. The van der Waals surface area contributed by atoms with Crippen molar-refractivity contribution in [3.8, 4) is 11.5 Å². The number of aldehydes is 1. The van der Waals surface area contributed by atoms with Crippen molar-refractivity contribution in [3.63, 3.8) is 0 Å². The normalized spacial score (nSPS) is 16.7. The lowest BCUT2D eigenvalue weighted by molar-refractivity contribution is -0.113. The van der Waals surface area contributed by atoms with Crippen LogP contribution in [-0.2, 0) is 26.5 Å². The second kappa shape index (κ2) is 15.3. The topological polar surface area (TPSA) is 98.7 Å². The van der Waals surface area contributed by atoms with Crippen LogP contribution in [0.25, 0.3) is 0 Å². The molecule has 1 fully saturated rings. The molecule has 0 amide bonds. The quantitative estimate of drug-likeness (QED) is 0.102. The number of nitrogens with zero attached hydrogens (tertiary/aromatic N) is 2. The van der Waals surface area contributed by atoms with Gasteiger partial charge in [0.25, 0.3) is 0 Å². The molecule has 2 heterocycles. The van der Waals surface area contributed by atoms with Crippen molar-refractivity contribution in [2.45, 2.75) is 144 Å². The number of phenols is 1. The Morgan fingerprint density at radius 3 is 1.68 bits per heavy atom. The molecular formula is C41H61N3O4S2. The molecular weight excluding hydrogens is 663 g/mol. The number of phenolic OH excluding ortho intramolecular Hbond substituents is 1. The van der Waals surface area contributed by atoms with Crippen LogP contribution in [0, 0.1) is 0 Å². The number of carbonyl (C=O) groups is 1. The number of H-pyrrole nitrogens is 1. The molecule has 0 spiro atoms. The number of aliphatic hydroxyl groups excluding tert-OH is 1. The number of hydrogen-bond donors (Lipinski definition) is 3.